The van der Waals surface area contributed by atoms with Crippen LogP contribution in [0.5, 0.6) is 11.5 Å². The van der Waals surface area contributed by atoms with Crippen molar-refractivity contribution in [2.45, 2.75) is 26.2 Å². The number of esters is 1. The molecule has 0 atom stereocenters. The Morgan fingerprint density at radius 1 is 0.596 bits per heavy atom. The fourth-order valence-electron chi connectivity index (χ4n) is 7.08. The van der Waals surface area contributed by atoms with Crippen molar-refractivity contribution in [1.82, 2.24) is 18.9 Å². The van der Waals surface area contributed by atoms with E-state index in [1.807, 2.05) is 71.6 Å². The average Bonchev–Trinajstić information content (AvgIpc) is 3.86. The van der Waals surface area contributed by atoms with Crippen LogP contribution in [-0.4, -0.2) is 109 Å². The van der Waals surface area contributed by atoms with Gasteiger partial charge in [0, 0.05) is 62.7 Å². The number of carboxylic acid groups (broad SMARTS) is 1. The summed E-state index contributed by atoms with van der Waals surface area (Å²) in [4.78, 5) is 27.8. The van der Waals surface area contributed by atoms with E-state index < -0.39 is 5.97 Å². The summed E-state index contributed by atoms with van der Waals surface area (Å²) >= 11 is 0. The lowest BCUT2D eigenvalue weighted by molar-refractivity contribution is 0.0341. The summed E-state index contributed by atoms with van der Waals surface area (Å²) in [6, 6.07) is 31.3. The van der Waals surface area contributed by atoms with Crippen molar-refractivity contribution in [3.63, 3.8) is 0 Å². The number of hydrogen-bond acceptors (Lipinski definition) is 9. The molecule has 0 amide bonds. The van der Waals surface area contributed by atoms with E-state index in [9.17, 15) is 14.7 Å². The molecule has 2 aromatic heterocycles. The number of aromatic carboxylic acids is 1. The van der Waals surface area contributed by atoms with E-state index in [0.717, 1.165) is 99.0 Å². The molecular formula is C45H50N4O8. The van der Waals surface area contributed by atoms with E-state index >= 15 is 0 Å². The third-order valence-corrected chi connectivity index (χ3v) is 10.3. The van der Waals surface area contributed by atoms with E-state index in [1.54, 1.807) is 18.2 Å². The molecule has 2 aliphatic rings. The summed E-state index contributed by atoms with van der Waals surface area (Å²) in [5.41, 5.74) is 5.31. The molecule has 0 bridgehead atoms. The van der Waals surface area contributed by atoms with Crippen LogP contribution in [0.15, 0.2) is 109 Å². The second-order valence-electron chi connectivity index (χ2n) is 14.1. The number of carbonyl (C=O) groups is 2. The third kappa shape index (κ3) is 10.8. The summed E-state index contributed by atoms with van der Waals surface area (Å²) in [7, 11) is 1.39. The maximum absolute atomic E-state index is 11.8. The number of methoxy groups -OCH3 is 1. The SMILES string of the molecule is COC(=O)c1ccc2ccn(CCOc3ccc(CN4CCOCC4)cc3)c2c1.O=C(O)c1ccc2ccn(CCOc3ccc(CN4CCOCC4)cc3)c2c1. The Labute approximate surface area is 332 Å². The number of hydrogen-bond donors (Lipinski definition) is 1. The summed E-state index contributed by atoms with van der Waals surface area (Å²) < 4.78 is 31.5. The highest BCUT2D eigenvalue weighted by atomic mass is 16.5. The Morgan fingerprint density at radius 2 is 1.04 bits per heavy atom. The van der Waals surface area contributed by atoms with Crippen molar-refractivity contribution in [2.75, 3.05) is 72.9 Å². The van der Waals surface area contributed by atoms with Gasteiger partial charge in [-0.25, -0.2) is 9.59 Å². The standard InChI is InChI=1S/C23H26N2O4.C22H24N2O4/c1-27-23(26)20-5-4-19-8-9-25(22(19)16-20)12-15-29-21-6-2-18(3-7-21)17-24-10-13-28-14-11-24;25-22(26)19-4-3-18-7-8-24(21(18)15-19)11-14-28-20-5-1-17(2-6-20)16-23-9-12-27-13-10-23/h2-9,16H,10-15,17H2,1H3;1-8,15H,9-14,16H2,(H,25,26). The summed E-state index contributed by atoms with van der Waals surface area (Å²) in [5, 5.41) is 11.3. The Balaban J connectivity index is 0.000000174. The number of morpholine rings is 2. The first-order chi connectivity index (χ1) is 27.9. The number of aromatic nitrogens is 2. The molecular weight excluding hydrogens is 725 g/mol. The largest absolute Gasteiger partial charge is 0.492 e. The van der Waals surface area contributed by atoms with E-state index in [0.29, 0.717) is 37.4 Å². The molecule has 0 saturated carbocycles. The topological polar surface area (TPSA) is 117 Å². The second-order valence-corrected chi connectivity index (χ2v) is 14.1. The van der Waals surface area contributed by atoms with Crippen LogP contribution in [0.4, 0.5) is 0 Å². The molecule has 0 spiro atoms. The van der Waals surface area contributed by atoms with Crippen LogP contribution in [0.25, 0.3) is 21.8 Å². The molecule has 0 unspecified atom stereocenters. The quantitative estimate of drug-likeness (QED) is 0.122. The molecule has 298 valence electrons. The maximum atomic E-state index is 11.8. The van der Waals surface area contributed by atoms with Gasteiger partial charge >= 0.3 is 11.9 Å². The van der Waals surface area contributed by atoms with Gasteiger partial charge in [0.25, 0.3) is 0 Å². The molecule has 12 nitrogen and oxygen atoms in total. The normalized spacial score (nSPS) is 14.9. The lowest BCUT2D eigenvalue weighted by Crippen LogP contribution is -2.35. The van der Waals surface area contributed by atoms with Gasteiger partial charge in [0.05, 0.1) is 57.8 Å². The van der Waals surface area contributed by atoms with Crippen molar-refractivity contribution in [3.05, 3.63) is 132 Å². The number of carboxylic acids is 1. The van der Waals surface area contributed by atoms with Gasteiger partial charge in [-0.15, -0.1) is 0 Å². The van der Waals surface area contributed by atoms with Gasteiger partial charge in [0.1, 0.15) is 24.7 Å². The predicted octanol–water partition coefficient (Wildman–Crippen LogP) is 6.59. The van der Waals surface area contributed by atoms with Crippen molar-refractivity contribution >= 4 is 33.7 Å². The minimum Gasteiger partial charge on any atom is -0.492 e. The van der Waals surface area contributed by atoms with E-state index in [1.165, 1.54) is 18.2 Å². The van der Waals surface area contributed by atoms with Gasteiger partial charge < -0.3 is 37.9 Å². The summed E-state index contributed by atoms with van der Waals surface area (Å²) in [5.74, 6) is 0.465. The van der Waals surface area contributed by atoms with Crippen molar-refractivity contribution in [1.29, 1.82) is 0 Å². The zero-order valence-electron chi connectivity index (χ0n) is 32.4. The predicted molar refractivity (Wildman–Crippen MR) is 218 cm³/mol. The Bertz CT molecular complexity index is 2220. The summed E-state index contributed by atoms with van der Waals surface area (Å²) in [6.07, 6.45) is 3.98. The van der Waals surface area contributed by atoms with Gasteiger partial charge in [0.2, 0.25) is 0 Å². The van der Waals surface area contributed by atoms with Crippen molar-refractivity contribution < 1.29 is 38.4 Å². The minimum absolute atomic E-state index is 0.296. The van der Waals surface area contributed by atoms with E-state index in [2.05, 4.69) is 38.6 Å². The molecule has 4 heterocycles. The molecule has 1 N–H and O–H groups in total. The van der Waals surface area contributed by atoms with E-state index in [4.69, 9.17) is 23.7 Å². The first kappa shape index (κ1) is 39.6. The molecule has 12 heteroatoms. The molecule has 57 heavy (non-hydrogen) atoms. The average molecular weight is 775 g/mol. The van der Waals surface area contributed by atoms with Crippen LogP contribution in [0.2, 0.25) is 0 Å². The zero-order chi connectivity index (χ0) is 39.4. The van der Waals surface area contributed by atoms with Crippen LogP contribution in [0.1, 0.15) is 31.8 Å². The Hall–Kier alpha value is -5.66. The van der Waals surface area contributed by atoms with Gasteiger partial charge in [-0.3, -0.25) is 9.80 Å². The first-order valence-electron chi connectivity index (χ1n) is 19.4. The molecule has 8 rings (SSSR count). The van der Waals surface area contributed by atoms with Crippen LogP contribution in [-0.2, 0) is 40.4 Å². The lowest BCUT2D eigenvalue weighted by atomic mass is 10.1. The minimum atomic E-state index is -0.914. The molecule has 2 fully saturated rings. The fraction of sp³-hybridized carbons (Fsp3) is 0.333. The van der Waals surface area contributed by atoms with Crippen LogP contribution < -0.4 is 9.47 Å². The van der Waals surface area contributed by atoms with Crippen LogP contribution in [0, 0.1) is 0 Å². The smallest absolute Gasteiger partial charge is 0.337 e. The fourth-order valence-corrected chi connectivity index (χ4v) is 7.08. The lowest BCUT2D eigenvalue weighted by Gasteiger charge is -2.26. The number of fused-ring (bicyclic) bond motifs is 2. The van der Waals surface area contributed by atoms with E-state index in [-0.39, 0.29) is 5.97 Å². The van der Waals surface area contributed by atoms with Crippen molar-refractivity contribution in [2.24, 2.45) is 0 Å². The van der Waals surface area contributed by atoms with Gasteiger partial charge in [-0.1, -0.05) is 36.4 Å². The Morgan fingerprint density at radius 3 is 1.47 bits per heavy atom. The number of nitrogens with zero attached hydrogens (tertiary/aromatic N) is 4. The Kier molecular flexibility index (Phi) is 13.5. The molecule has 2 aliphatic heterocycles. The molecule has 6 aromatic rings. The highest BCUT2D eigenvalue weighted by molar-refractivity contribution is 5.95. The van der Waals surface area contributed by atoms with Crippen LogP contribution in [0.3, 0.4) is 0 Å². The molecule has 0 radical (unpaired) electrons. The number of carbonyl (C=O) groups excluding carboxylic acids is 1. The molecule has 4 aromatic carbocycles. The zero-order valence-corrected chi connectivity index (χ0v) is 32.4. The van der Waals surface area contributed by atoms with Crippen molar-refractivity contribution in [3.8, 4) is 11.5 Å². The van der Waals surface area contributed by atoms with Gasteiger partial charge in [-0.05, 0) is 82.6 Å². The number of rotatable bonds is 14. The highest BCUT2D eigenvalue weighted by Gasteiger charge is 2.13. The molecule has 2 saturated heterocycles. The first-order valence-corrected chi connectivity index (χ1v) is 19.4. The second kappa shape index (κ2) is 19.5. The van der Waals surface area contributed by atoms with Gasteiger partial charge in [-0.2, -0.15) is 0 Å². The third-order valence-electron chi connectivity index (χ3n) is 10.3. The monoisotopic (exact) mass is 774 g/mol. The van der Waals surface area contributed by atoms with Gasteiger partial charge in [0.15, 0.2) is 0 Å². The highest BCUT2D eigenvalue weighted by Crippen LogP contribution is 2.21. The maximum Gasteiger partial charge on any atom is 0.337 e. The number of ether oxygens (including phenoxy) is 5. The number of benzene rings is 4. The molecule has 0 aliphatic carbocycles. The summed E-state index contributed by atoms with van der Waals surface area (Å²) in [6.45, 7) is 11.5. The van der Waals surface area contributed by atoms with Crippen LogP contribution >= 0.6 is 0 Å².